The number of hydrogen-bond acceptors (Lipinski definition) is 3. The Hall–Kier alpha value is -0.810. The Morgan fingerprint density at radius 2 is 2.22 bits per heavy atom. The highest BCUT2D eigenvalue weighted by Gasteiger charge is 2.25. The summed E-state index contributed by atoms with van der Waals surface area (Å²) in [7, 11) is 0. The molecule has 4 nitrogen and oxygen atoms in total. The number of nitrogens with two attached hydrogens (primary N) is 1. The highest BCUT2D eigenvalue weighted by molar-refractivity contribution is 9.10. The zero-order chi connectivity index (χ0) is 13.0. The van der Waals surface area contributed by atoms with Gasteiger partial charge >= 0.3 is 0 Å². The van der Waals surface area contributed by atoms with E-state index in [0.717, 1.165) is 12.8 Å². The average Bonchev–Trinajstić information content (AvgIpc) is 2.83. The highest BCUT2D eigenvalue weighted by atomic mass is 79.9. The van der Waals surface area contributed by atoms with Gasteiger partial charge in [0.1, 0.15) is 0 Å². The molecule has 1 aliphatic rings. The first-order valence-corrected chi connectivity index (χ1v) is 7.25. The van der Waals surface area contributed by atoms with Crippen LogP contribution in [0.25, 0.3) is 0 Å². The van der Waals surface area contributed by atoms with Crippen molar-refractivity contribution in [3.8, 4) is 0 Å². The van der Waals surface area contributed by atoms with Crippen LogP contribution < -0.4 is 11.1 Å². The Morgan fingerprint density at radius 1 is 1.50 bits per heavy atom. The van der Waals surface area contributed by atoms with Crippen molar-refractivity contribution in [2.24, 2.45) is 11.7 Å². The minimum atomic E-state index is -0.187. The topological polar surface area (TPSA) is 68.3 Å². The fourth-order valence-corrected chi connectivity index (χ4v) is 2.98. The van der Waals surface area contributed by atoms with Crippen molar-refractivity contribution in [1.29, 1.82) is 0 Å². The van der Waals surface area contributed by atoms with Crippen molar-refractivity contribution in [3.05, 3.63) is 22.6 Å². The Labute approximate surface area is 115 Å². The molecule has 1 heterocycles. The molecule has 18 heavy (non-hydrogen) atoms. The zero-order valence-electron chi connectivity index (χ0n) is 10.3. The van der Waals surface area contributed by atoms with Gasteiger partial charge in [0.2, 0.25) is 5.76 Å². The number of nitrogens with one attached hydrogen (secondary N) is 1. The van der Waals surface area contributed by atoms with Crippen molar-refractivity contribution in [3.63, 3.8) is 0 Å². The molecule has 1 aromatic rings. The highest BCUT2D eigenvalue weighted by Crippen LogP contribution is 2.26. The second kappa shape index (κ2) is 6.38. The van der Waals surface area contributed by atoms with Gasteiger partial charge in [0.15, 0.2) is 0 Å². The van der Waals surface area contributed by atoms with E-state index in [1.54, 1.807) is 6.07 Å². The fourth-order valence-electron chi connectivity index (χ4n) is 2.60. The van der Waals surface area contributed by atoms with Gasteiger partial charge in [-0.05, 0) is 40.8 Å². The number of halogens is 1. The lowest BCUT2D eigenvalue weighted by Gasteiger charge is -2.29. The van der Waals surface area contributed by atoms with Crippen LogP contribution in [0.15, 0.2) is 21.2 Å². The molecule has 2 rings (SSSR count). The van der Waals surface area contributed by atoms with Crippen LogP contribution in [0, 0.1) is 5.92 Å². The third-order valence-corrected chi connectivity index (χ3v) is 4.24. The van der Waals surface area contributed by atoms with Crippen molar-refractivity contribution in [2.45, 2.75) is 38.1 Å². The first-order chi connectivity index (χ1) is 8.72. The predicted octanol–water partition coefficient (Wildman–Crippen LogP) is 2.68. The first-order valence-electron chi connectivity index (χ1n) is 6.46. The average molecular weight is 315 g/mol. The largest absolute Gasteiger partial charge is 0.458 e. The first kappa shape index (κ1) is 13.6. The van der Waals surface area contributed by atoms with Crippen molar-refractivity contribution >= 4 is 21.8 Å². The maximum Gasteiger partial charge on any atom is 0.288 e. The number of carbonyl (C=O) groups excluding carboxylic acids is 1. The summed E-state index contributed by atoms with van der Waals surface area (Å²) >= 11 is 3.29. The van der Waals surface area contributed by atoms with E-state index < -0.39 is 0 Å². The molecular weight excluding hydrogens is 296 g/mol. The minimum absolute atomic E-state index is 0.0507. The van der Waals surface area contributed by atoms with Gasteiger partial charge in [-0.2, -0.15) is 0 Å². The van der Waals surface area contributed by atoms with E-state index in [0.29, 0.717) is 22.7 Å². The normalized spacial score (nSPS) is 18.6. The van der Waals surface area contributed by atoms with Crippen LogP contribution in [0.2, 0.25) is 0 Å². The van der Waals surface area contributed by atoms with E-state index in [4.69, 9.17) is 10.2 Å². The number of amides is 1. The summed E-state index contributed by atoms with van der Waals surface area (Å²) in [6.07, 6.45) is 7.58. The van der Waals surface area contributed by atoms with Crippen LogP contribution in [-0.4, -0.2) is 18.5 Å². The van der Waals surface area contributed by atoms with Gasteiger partial charge in [-0.15, -0.1) is 0 Å². The molecule has 5 heteroatoms. The fraction of sp³-hybridized carbons (Fsp3) is 0.615. The van der Waals surface area contributed by atoms with E-state index in [9.17, 15) is 4.79 Å². The molecule has 100 valence electrons. The Bertz CT molecular complexity index is 399. The third kappa shape index (κ3) is 3.14. The second-order valence-electron chi connectivity index (χ2n) is 4.81. The maximum absolute atomic E-state index is 12.0. The molecule has 0 aliphatic heterocycles. The molecule has 0 radical (unpaired) electrons. The van der Waals surface area contributed by atoms with Crippen molar-refractivity contribution in [1.82, 2.24) is 5.32 Å². The monoisotopic (exact) mass is 314 g/mol. The summed E-state index contributed by atoms with van der Waals surface area (Å²) in [6.45, 7) is 0.481. The van der Waals surface area contributed by atoms with E-state index in [-0.39, 0.29) is 11.9 Å². The van der Waals surface area contributed by atoms with E-state index in [1.807, 2.05) is 0 Å². The van der Waals surface area contributed by atoms with Gasteiger partial charge in [-0.25, -0.2) is 0 Å². The van der Waals surface area contributed by atoms with E-state index in [1.165, 1.54) is 25.5 Å². The zero-order valence-corrected chi connectivity index (χ0v) is 11.9. The van der Waals surface area contributed by atoms with E-state index >= 15 is 0 Å². The summed E-state index contributed by atoms with van der Waals surface area (Å²) in [5, 5.41) is 2.99. The summed E-state index contributed by atoms with van der Waals surface area (Å²) in [5.74, 6) is 0.638. The molecule has 0 spiro atoms. The summed E-state index contributed by atoms with van der Waals surface area (Å²) in [4.78, 5) is 12.0. The Kier molecular flexibility index (Phi) is 4.83. The quantitative estimate of drug-likeness (QED) is 0.897. The molecule has 0 aromatic carbocycles. The van der Waals surface area contributed by atoms with Gasteiger partial charge < -0.3 is 15.5 Å². The van der Waals surface area contributed by atoms with Crippen LogP contribution in [0.4, 0.5) is 0 Å². The van der Waals surface area contributed by atoms with Gasteiger partial charge in [0, 0.05) is 12.6 Å². The SMILES string of the molecule is NCC(NC(=O)c1occc1Br)C1CCCCC1. The Balaban J connectivity index is 1.97. The van der Waals surface area contributed by atoms with Crippen molar-refractivity contribution < 1.29 is 9.21 Å². The van der Waals surface area contributed by atoms with E-state index in [2.05, 4.69) is 21.2 Å². The lowest BCUT2D eigenvalue weighted by atomic mass is 9.84. The van der Waals surface area contributed by atoms with Crippen molar-refractivity contribution in [2.75, 3.05) is 6.54 Å². The third-order valence-electron chi connectivity index (χ3n) is 3.61. The minimum Gasteiger partial charge on any atom is -0.458 e. The lowest BCUT2D eigenvalue weighted by molar-refractivity contribution is 0.0886. The molecule has 1 amide bonds. The molecule has 1 saturated carbocycles. The maximum atomic E-state index is 12.0. The molecular formula is C13H19BrN2O2. The number of hydrogen-bond donors (Lipinski definition) is 2. The Morgan fingerprint density at radius 3 is 2.78 bits per heavy atom. The summed E-state index contributed by atoms with van der Waals surface area (Å²) < 4.78 is 5.84. The summed E-state index contributed by atoms with van der Waals surface area (Å²) in [6, 6.07) is 1.77. The van der Waals surface area contributed by atoms with Gasteiger partial charge in [-0.1, -0.05) is 19.3 Å². The molecule has 1 aromatic heterocycles. The molecule has 0 saturated heterocycles. The van der Waals surface area contributed by atoms with Crippen LogP contribution in [0.1, 0.15) is 42.7 Å². The molecule has 1 aliphatic carbocycles. The standard InChI is InChI=1S/C13H19BrN2O2/c14-10-6-7-18-12(10)13(17)16-11(8-15)9-4-2-1-3-5-9/h6-7,9,11H,1-5,8,15H2,(H,16,17). The molecule has 1 atom stereocenters. The molecule has 0 bridgehead atoms. The molecule has 3 N–H and O–H groups in total. The van der Waals surface area contributed by atoms with Crippen LogP contribution in [-0.2, 0) is 0 Å². The number of carbonyl (C=O) groups is 1. The van der Waals surface area contributed by atoms with Gasteiger partial charge in [0.25, 0.3) is 5.91 Å². The predicted molar refractivity (Wildman–Crippen MR) is 73.3 cm³/mol. The van der Waals surface area contributed by atoms with Gasteiger partial charge in [-0.3, -0.25) is 4.79 Å². The number of rotatable bonds is 4. The molecule has 1 unspecified atom stereocenters. The lowest BCUT2D eigenvalue weighted by Crippen LogP contribution is -2.45. The number of furan rings is 1. The van der Waals surface area contributed by atoms with Crippen LogP contribution in [0.3, 0.4) is 0 Å². The second-order valence-corrected chi connectivity index (χ2v) is 5.67. The smallest absolute Gasteiger partial charge is 0.288 e. The van der Waals surface area contributed by atoms with Crippen LogP contribution >= 0.6 is 15.9 Å². The van der Waals surface area contributed by atoms with Gasteiger partial charge in [0.05, 0.1) is 10.7 Å². The molecule has 1 fully saturated rings. The van der Waals surface area contributed by atoms with Crippen LogP contribution in [0.5, 0.6) is 0 Å². The summed E-state index contributed by atoms with van der Waals surface area (Å²) in [5.41, 5.74) is 5.79.